The Morgan fingerprint density at radius 1 is 1.36 bits per heavy atom. The van der Waals surface area contributed by atoms with Gasteiger partial charge in [0.15, 0.2) is 0 Å². The molecule has 0 heterocycles. The molecule has 0 aliphatic heterocycles. The molecule has 1 aliphatic rings. The van der Waals surface area contributed by atoms with Gasteiger partial charge in [0.05, 0.1) is 19.8 Å². The highest BCUT2D eigenvalue weighted by atomic mass is 16.5. The van der Waals surface area contributed by atoms with Gasteiger partial charge in [-0.1, -0.05) is 38.3 Å². The zero-order chi connectivity index (χ0) is 18.1. The van der Waals surface area contributed by atoms with Crippen LogP contribution in [0.3, 0.4) is 0 Å². The van der Waals surface area contributed by atoms with E-state index in [1.54, 1.807) is 6.92 Å². The molecular weight excluding hydrogens is 318 g/mol. The largest absolute Gasteiger partial charge is 0.493 e. The normalized spacial score (nSPS) is 16.2. The first-order valence-corrected chi connectivity index (χ1v) is 9.22. The van der Waals surface area contributed by atoms with E-state index in [0.29, 0.717) is 18.7 Å². The number of hydrogen-bond donors (Lipinski definition) is 1. The van der Waals surface area contributed by atoms with Crippen molar-refractivity contribution < 1.29 is 19.4 Å². The molecule has 5 heteroatoms. The van der Waals surface area contributed by atoms with E-state index in [2.05, 4.69) is 0 Å². The Labute approximate surface area is 150 Å². The Hall–Kier alpha value is -1.88. The molecule has 25 heavy (non-hydrogen) atoms. The summed E-state index contributed by atoms with van der Waals surface area (Å²) in [5, 5.41) is 8.92. The van der Waals surface area contributed by atoms with E-state index in [4.69, 9.17) is 9.84 Å². The Kier molecular flexibility index (Phi) is 7.92. The van der Waals surface area contributed by atoms with Gasteiger partial charge in [0, 0.05) is 5.92 Å². The maximum absolute atomic E-state index is 12.2. The number of hydrogen-bond acceptors (Lipinski definition) is 4. The maximum Gasteiger partial charge on any atom is 0.232 e. The van der Waals surface area contributed by atoms with Crippen LogP contribution in [0.2, 0.25) is 0 Å². The van der Waals surface area contributed by atoms with Crippen molar-refractivity contribution in [1.82, 2.24) is 4.90 Å². The van der Waals surface area contributed by atoms with E-state index in [9.17, 15) is 9.59 Å². The number of rotatable bonds is 9. The van der Waals surface area contributed by atoms with E-state index in [-0.39, 0.29) is 25.0 Å². The second-order valence-corrected chi connectivity index (χ2v) is 6.93. The molecule has 1 aliphatic carbocycles. The van der Waals surface area contributed by atoms with Crippen molar-refractivity contribution >= 4 is 12.3 Å². The van der Waals surface area contributed by atoms with Crippen LogP contribution >= 0.6 is 0 Å². The maximum atomic E-state index is 12.2. The van der Waals surface area contributed by atoms with Crippen molar-refractivity contribution in [3.05, 3.63) is 29.8 Å². The average Bonchev–Trinajstić information content (AvgIpc) is 2.65. The third-order valence-corrected chi connectivity index (χ3v) is 4.82. The molecule has 1 N–H and O–H groups in total. The number of carbonyl (C=O) groups excluding carboxylic acids is 2. The fraction of sp³-hybridized carbons (Fsp3) is 0.600. The number of ether oxygens (including phenoxy) is 1. The second kappa shape index (κ2) is 10.2. The molecule has 0 radical (unpaired) electrons. The quantitative estimate of drug-likeness (QED) is 0.698. The van der Waals surface area contributed by atoms with Crippen LogP contribution in [-0.2, 0) is 16.0 Å². The number of imide groups is 1. The van der Waals surface area contributed by atoms with Crippen LogP contribution in [-0.4, -0.2) is 42.1 Å². The molecule has 0 unspecified atom stereocenters. The molecule has 1 fully saturated rings. The summed E-state index contributed by atoms with van der Waals surface area (Å²) in [6.07, 6.45) is 7.46. The van der Waals surface area contributed by atoms with E-state index in [1.807, 2.05) is 24.3 Å². The van der Waals surface area contributed by atoms with Gasteiger partial charge in [0.2, 0.25) is 12.3 Å². The topological polar surface area (TPSA) is 66.8 Å². The lowest BCUT2D eigenvalue weighted by Gasteiger charge is -2.22. The summed E-state index contributed by atoms with van der Waals surface area (Å²) >= 11 is 0. The summed E-state index contributed by atoms with van der Waals surface area (Å²) in [5.41, 5.74) is 1.01. The SMILES string of the molecule is C[C@H](Cc1cccc(OCC2CCCCC2)c1)C(=O)N(C=O)CCO. The molecule has 1 aromatic carbocycles. The van der Waals surface area contributed by atoms with Crippen LogP contribution < -0.4 is 4.74 Å². The molecule has 0 aromatic heterocycles. The minimum atomic E-state index is -0.328. The van der Waals surface area contributed by atoms with E-state index >= 15 is 0 Å². The van der Waals surface area contributed by atoms with Gasteiger partial charge in [-0.05, 0) is 42.9 Å². The summed E-state index contributed by atoms with van der Waals surface area (Å²) < 4.78 is 5.95. The van der Waals surface area contributed by atoms with Gasteiger partial charge in [-0.2, -0.15) is 0 Å². The Morgan fingerprint density at radius 3 is 2.80 bits per heavy atom. The van der Waals surface area contributed by atoms with E-state index in [0.717, 1.165) is 22.8 Å². The average molecular weight is 347 g/mol. The molecule has 0 saturated heterocycles. The number of aliphatic hydroxyl groups excluding tert-OH is 1. The third kappa shape index (κ3) is 6.16. The lowest BCUT2D eigenvalue weighted by Crippen LogP contribution is -2.36. The van der Waals surface area contributed by atoms with Crippen LogP contribution in [0.4, 0.5) is 0 Å². The lowest BCUT2D eigenvalue weighted by atomic mass is 9.90. The first-order valence-electron chi connectivity index (χ1n) is 9.22. The summed E-state index contributed by atoms with van der Waals surface area (Å²) in [6, 6.07) is 7.83. The molecule has 2 rings (SSSR count). The number of amides is 2. The Balaban J connectivity index is 1.89. The van der Waals surface area contributed by atoms with Crippen molar-refractivity contribution in [3.8, 4) is 5.75 Å². The molecular formula is C20H29NO4. The zero-order valence-electron chi connectivity index (χ0n) is 15.0. The second-order valence-electron chi connectivity index (χ2n) is 6.93. The van der Waals surface area contributed by atoms with Crippen LogP contribution in [0.15, 0.2) is 24.3 Å². The Bertz CT molecular complexity index is 554. The Morgan fingerprint density at radius 2 is 2.12 bits per heavy atom. The van der Waals surface area contributed by atoms with Gasteiger partial charge >= 0.3 is 0 Å². The van der Waals surface area contributed by atoms with E-state index in [1.165, 1.54) is 32.1 Å². The van der Waals surface area contributed by atoms with Gasteiger partial charge < -0.3 is 9.84 Å². The molecule has 1 atom stereocenters. The highest BCUT2D eigenvalue weighted by Gasteiger charge is 2.20. The van der Waals surface area contributed by atoms with Gasteiger partial charge in [0.25, 0.3) is 0 Å². The molecule has 1 aromatic rings. The highest BCUT2D eigenvalue weighted by molar-refractivity contribution is 5.87. The lowest BCUT2D eigenvalue weighted by molar-refractivity contribution is -0.141. The molecule has 0 spiro atoms. The number of benzene rings is 1. The highest BCUT2D eigenvalue weighted by Crippen LogP contribution is 2.25. The summed E-state index contributed by atoms with van der Waals surface area (Å²) in [5.74, 6) is 0.894. The van der Waals surface area contributed by atoms with Crippen molar-refractivity contribution in [2.24, 2.45) is 11.8 Å². The minimum Gasteiger partial charge on any atom is -0.493 e. The van der Waals surface area contributed by atoms with Gasteiger partial charge in [-0.15, -0.1) is 0 Å². The summed E-state index contributed by atoms with van der Waals surface area (Å²) in [7, 11) is 0. The standard InChI is InChI=1S/C20H29NO4/c1-16(20(24)21(15-23)10-11-22)12-18-8-5-9-19(13-18)25-14-17-6-3-2-4-7-17/h5,8-9,13,15-17,22H,2-4,6-7,10-12,14H2,1H3/t16-/m1/s1. The summed E-state index contributed by atoms with van der Waals surface area (Å²) in [6.45, 7) is 2.37. The van der Waals surface area contributed by atoms with Crippen molar-refractivity contribution in [2.45, 2.75) is 45.4 Å². The van der Waals surface area contributed by atoms with E-state index < -0.39 is 0 Å². The van der Waals surface area contributed by atoms with Crippen molar-refractivity contribution in [2.75, 3.05) is 19.8 Å². The monoisotopic (exact) mass is 347 g/mol. The van der Waals surface area contributed by atoms with Crippen LogP contribution in [0.25, 0.3) is 0 Å². The van der Waals surface area contributed by atoms with Crippen molar-refractivity contribution in [1.29, 1.82) is 0 Å². The van der Waals surface area contributed by atoms with Gasteiger partial charge in [-0.25, -0.2) is 0 Å². The van der Waals surface area contributed by atoms with Crippen molar-refractivity contribution in [3.63, 3.8) is 0 Å². The molecule has 1 saturated carbocycles. The number of aliphatic hydroxyl groups is 1. The fourth-order valence-electron chi connectivity index (χ4n) is 3.38. The summed E-state index contributed by atoms with van der Waals surface area (Å²) in [4.78, 5) is 24.2. The third-order valence-electron chi connectivity index (χ3n) is 4.82. The smallest absolute Gasteiger partial charge is 0.232 e. The van der Waals surface area contributed by atoms with Crippen LogP contribution in [0, 0.1) is 11.8 Å². The predicted octanol–water partition coefficient (Wildman–Crippen LogP) is 2.80. The fourth-order valence-corrected chi connectivity index (χ4v) is 3.38. The molecule has 138 valence electrons. The number of carbonyl (C=O) groups is 2. The predicted molar refractivity (Wildman–Crippen MR) is 96.2 cm³/mol. The molecule has 0 bridgehead atoms. The molecule has 2 amide bonds. The zero-order valence-corrected chi connectivity index (χ0v) is 15.0. The minimum absolute atomic E-state index is 0.0389. The van der Waals surface area contributed by atoms with Crippen LogP contribution in [0.1, 0.15) is 44.6 Å². The number of nitrogens with zero attached hydrogens (tertiary/aromatic N) is 1. The van der Waals surface area contributed by atoms with Gasteiger partial charge in [0.1, 0.15) is 5.75 Å². The van der Waals surface area contributed by atoms with Crippen LogP contribution in [0.5, 0.6) is 5.75 Å². The molecule has 5 nitrogen and oxygen atoms in total. The first kappa shape index (κ1) is 19.4. The van der Waals surface area contributed by atoms with Gasteiger partial charge in [-0.3, -0.25) is 14.5 Å². The first-order chi connectivity index (χ1) is 12.1.